The van der Waals surface area contributed by atoms with Crippen molar-refractivity contribution < 1.29 is 9.90 Å². The average Bonchev–Trinajstić information content (AvgIpc) is 2.01. The Labute approximate surface area is 83.8 Å². The second-order valence-electron chi connectivity index (χ2n) is 3.43. The van der Waals surface area contributed by atoms with E-state index in [1.807, 2.05) is 24.3 Å². The predicted octanol–water partition coefficient (Wildman–Crippen LogP) is 1.57. The highest BCUT2D eigenvalue weighted by molar-refractivity contribution is 5.88. The van der Waals surface area contributed by atoms with Gasteiger partial charge in [-0.2, -0.15) is 0 Å². The summed E-state index contributed by atoms with van der Waals surface area (Å²) in [5, 5.41) is 11.9. The molecule has 0 saturated carbocycles. The molecule has 0 bridgehead atoms. The van der Waals surface area contributed by atoms with Gasteiger partial charge in [-0.3, -0.25) is 4.79 Å². The van der Waals surface area contributed by atoms with Gasteiger partial charge in [0.05, 0.1) is 6.10 Å². The number of carbonyl (C=O) groups is 1. The van der Waals surface area contributed by atoms with Gasteiger partial charge < -0.3 is 10.4 Å². The molecule has 14 heavy (non-hydrogen) atoms. The number of benzene rings is 1. The summed E-state index contributed by atoms with van der Waals surface area (Å²) in [6.07, 6.45) is 0.246. The third kappa shape index (κ3) is 3.58. The summed E-state index contributed by atoms with van der Waals surface area (Å²) in [5.41, 5.74) is 1.79. The fraction of sp³-hybridized carbons (Fsp3) is 0.364. The second-order valence-corrected chi connectivity index (χ2v) is 3.43. The van der Waals surface area contributed by atoms with Crippen molar-refractivity contribution in [1.29, 1.82) is 0 Å². The first-order valence-corrected chi connectivity index (χ1v) is 4.62. The zero-order chi connectivity index (χ0) is 10.6. The SMILES string of the molecule is CC(=O)Nc1cccc(C[C@H](C)O)c1. The van der Waals surface area contributed by atoms with Crippen LogP contribution in [0.4, 0.5) is 5.69 Å². The van der Waals surface area contributed by atoms with Crippen molar-refractivity contribution in [3.8, 4) is 0 Å². The van der Waals surface area contributed by atoms with Crippen LogP contribution in [0, 0.1) is 0 Å². The molecule has 76 valence electrons. The summed E-state index contributed by atoms with van der Waals surface area (Å²) in [4.78, 5) is 10.8. The first-order chi connectivity index (χ1) is 6.58. The van der Waals surface area contributed by atoms with Crippen molar-refractivity contribution in [2.24, 2.45) is 0 Å². The molecule has 0 aliphatic carbocycles. The zero-order valence-corrected chi connectivity index (χ0v) is 8.45. The van der Waals surface area contributed by atoms with Crippen molar-refractivity contribution >= 4 is 11.6 Å². The smallest absolute Gasteiger partial charge is 0.221 e. The van der Waals surface area contributed by atoms with Gasteiger partial charge in [-0.05, 0) is 31.0 Å². The van der Waals surface area contributed by atoms with Crippen LogP contribution in [-0.2, 0) is 11.2 Å². The highest BCUT2D eigenvalue weighted by Gasteiger charge is 2.00. The van der Waals surface area contributed by atoms with E-state index < -0.39 is 0 Å². The molecule has 3 nitrogen and oxygen atoms in total. The summed E-state index contributed by atoms with van der Waals surface area (Å²) >= 11 is 0. The van der Waals surface area contributed by atoms with Gasteiger partial charge in [0, 0.05) is 12.6 Å². The maximum atomic E-state index is 10.8. The van der Waals surface area contributed by atoms with Gasteiger partial charge in [0.25, 0.3) is 0 Å². The normalized spacial score (nSPS) is 12.2. The van der Waals surface area contributed by atoms with Crippen molar-refractivity contribution in [2.45, 2.75) is 26.4 Å². The monoisotopic (exact) mass is 193 g/mol. The zero-order valence-electron chi connectivity index (χ0n) is 8.45. The summed E-state index contributed by atoms with van der Waals surface area (Å²) in [5.74, 6) is -0.0841. The van der Waals surface area contributed by atoms with Crippen LogP contribution in [0.25, 0.3) is 0 Å². The van der Waals surface area contributed by atoms with Crippen LogP contribution < -0.4 is 5.32 Å². The third-order valence-corrected chi connectivity index (χ3v) is 1.78. The maximum absolute atomic E-state index is 10.8. The van der Waals surface area contributed by atoms with Gasteiger partial charge in [0.2, 0.25) is 5.91 Å². The van der Waals surface area contributed by atoms with E-state index in [4.69, 9.17) is 0 Å². The Morgan fingerprint density at radius 1 is 1.57 bits per heavy atom. The Balaban J connectivity index is 2.73. The average molecular weight is 193 g/mol. The lowest BCUT2D eigenvalue weighted by Gasteiger charge is -2.07. The van der Waals surface area contributed by atoms with Crippen molar-refractivity contribution in [2.75, 3.05) is 5.32 Å². The van der Waals surface area contributed by atoms with Crippen LogP contribution in [0.3, 0.4) is 0 Å². The van der Waals surface area contributed by atoms with E-state index in [9.17, 15) is 9.90 Å². The lowest BCUT2D eigenvalue weighted by molar-refractivity contribution is -0.114. The molecule has 0 aliphatic heterocycles. The number of hydrogen-bond acceptors (Lipinski definition) is 2. The molecule has 0 aromatic heterocycles. The van der Waals surface area contributed by atoms with E-state index in [1.54, 1.807) is 6.92 Å². The number of amides is 1. The van der Waals surface area contributed by atoms with Crippen LogP contribution in [0.2, 0.25) is 0 Å². The topological polar surface area (TPSA) is 49.3 Å². The van der Waals surface area contributed by atoms with Crippen LogP contribution in [0.5, 0.6) is 0 Å². The number of aliphatic hydroxyl groups excluding tert-OH is 1. The van der Waals surface area contributed by atoms with Crippen molar-refractivity contribution in [3.63, 3.8) is 0 Å². The molecule has 0 saturated heterocycles. The van der Waals surface area contributed by atoms with E-state index >= 15 is 0 Å². The lowest BCUT2D eigenvalue weighted by Crippen LogP contribution is -2.07. The minimum atomic E-state index is -0.359. The third-order valence-electron chi connectivity index (χ3n) is 1.78. The Kier molecular flexibility index (Phi) is 3.65. The van der Waals surface area contributed by atoms with Gasteiger partial charge >= 0.3 is 0 Å². The maximum Gasteiger partial charge on any atom is 0.221 e. The first kappa shape index (κ1) is 10.7. The summed E-state index contributed by atoms with van der Waals surface area (Å²) < 4.78 is 0. The van der Waals surface area contributed by atoms with Crippen molar-refractivity contribution in [3.05, 3.63) is 29.8 Å². The number of nitrogens with one attached hydrogen (secondary N) is 1. The highest BCUT2D eigenvalue weighted by atomic mass is 16.3. The van der Waals surface area contributed by atoms with Crippen LogP contribution >= 0.6 is 0 Å². The predicted molar refractivity (Wildman–Crippen MR) is 56.1 cm³/mol. The van der Waals surface area contributed by atoms with Gasteiger partial charge in [-0.15, -0.1) is 0 Å². The minimum absolute atomic E-state index is 0.0841. The Hall–Kier alpha value is -1.35. The lowest BCUT2D eigenvalue weighted by atomic mass is 10.1. The molecule has 2 N–H and O–H groups in total. The number of rotatable bonds is 3. The fourth-order valence-corrected chi connectivity index (χ4v) is 1.32. The van der Waals surface area contributed by atoms with Gasteiger partial charge in [-0.1, -0.05) is 12.1 Å². The Morgan fingerprint density at radius 3 is 2.86 bits per heavy atom. The molecule has 0 radical (unpaired) electrons. The molecule has 3 heteroatoms. The van der Waals surface area contributed by atoms with E-state index in [1.165, 1.54) is 6.92 Å². The van der Waals surface area contributed by atoms with Crippen LogP contribution in [0.15, 0.2) is 24.3 Å². The van der Waals surface area contributed by atoms with Gasteiger partial charge in [0.15, 0.2) is 0 Å². The molecule has 1 rings (SSSR count). The fourth-order valence-electron chi connectivity index (χ4n) is 1.32. The highest BCUT2D eigenvalue weighted by Crippen LogP contribution is 2.12. The number of hydrogen-bond donors (Lipinski definition) is 2. The quantitative estimate of drug-likeness (QED) is 0.765. The standard InChI is InChI=1S/C11H15NO2/c1-8(13)6-10-4-3-5-11(7-10)12-9(2)14/h3-5,7-8,13H,6H2,1-2H3,(H,12,14)/t8-/m0/s1. The minimum Gasteiger partial charge on any atom is -0.393 e. The molecule has 1 aromatic carbocycles. The second kappa shape index (κ2) is 4.77. The Morgan fingerprint density at radius 2 is 2.29 bits per heavy atom. The largest absolute Gasteiger partial charge is 0.393 e. The molecule has 0 aliphatic rings. The number of carbonyl (C=O) groups excluding carboxylic acids is 1. The molecular weight excluding hydrogens is 178 g/mol. The molecule has 1 aromatic rings. The molecule has 0 spiro atoms. The summed E-state index contributed by atoms with van der Waals surface area (Å²) in [7, 11) is 0. The van der Waals surface area contributed by atoms with E-state index in [0.29, 0.717) is 6.42 Å². The van der Waals surface area contributed by atoms with E-state index in [0.717, 1.165) is 11.3 Å². The van der Waals surface area contributed by atoms with Crippen molar-refractivity contribution in [1.82, 2.24) is 0 Å². The molecule has 1 atom stereocenters. The molecule has 0 unspecified atom stereocenters. The van der Waals surface area contributed by atoms with Gasteiger partial charge in [0.1, 0.15) is 0 Å². The molecule has 0 fully saturated rings. The molecule has 0 heterocycles. The van der Waals surface area contributed by atoms with Crippen LogP contribution in [0.1, 0.15) is 19.4 Å². The number of anilines is 1. The molecule has 1 amide bonds. The summed E-state index contributed by atoms with van der Waals surface area (Å²) in [6, 6.07) is 7.49. The first-order valence-electron chi connectivity index (χ1n) is 4.62. The van der Waals surface area contributed by atoms with E-state index in [2.05, 4.69) is 5.32 Å². The Bertz CT molecular complexity index is 321. The molecular formula is C11H15NO2. The van der Waals surface area contributed by atoms with Crippen LogP contribution in [-0.4, -0.2) is 17.1 Å². The van der Waals surface area contributed by atoms with E-state index in [-0.39, 0.29) is 12.0 Å². The number of aliphatic hydroxyl groups is 1. The van der Waals surface area contributed by atoms with Gasteiger partial charge in [-0.25, -0.2) is 0 Å². The summed E-state index contributed by atoms with van der Waals surface area (Å²) in [6.45, 7) is 3.21.